The van der Waals surface area contributed by atoms with Crippen LogP contribution in [0, 0.1) is 0 Å². The number of epoxide rings is 1. The van der Waals surface area contributed by atoms with Gasteiger partial charge in [-0.05, 0) is 38.5 Å². The van der Waals surface area contributed by atoms with Crippen LogP contribution in [-0.2, 0) is 14.3 Å². The van der Waals surface area contributed by atoms with Gasteiger partial charge >= 0.3 is 5.97 Å². The van der Waals surface area contributed by atoms with E-state index in [4.69, 9.17) is 9.47 Å². The molecule has 4 nitrogen and oxygen atoms in total. The van der Waals surface area contributed by atoms with Crippen molar-refractivity contribution in [2.24, 2.45) is 0 Å². The molecule has 0 aliphatic carbocycles. The Bertz CT molecular complexity index is 430. The van der Waals surface area contributed by atoms with Crippen molar-refractivity contribution in [2.75, 3.05) is 7.11 Å². The topological polar surface area (TPSA) is 48.1 Å². The van der Waals surface area contributed by atoms with Crippen molar-refractivity contribution >= 4 is 5.97 Å². The minimum atomic E-state index is -0.454. The first-order valence-corrected chi connectivity index (χ1v) is 5.93. The lowest BCUT2D eigenvalue weighted by atomic mass is 10.1. The van der Waals surface area contributed by atoms with Crippen LogP contribution < -0.4 is 4.74 Å². The Morgan fingerprint density at radius 1 is 1.22 bits per heavy atom. The first kappa shape index (κ1) is 12.9. The number of hydrogen-bond acceptors (Lipinski definition) is 4. The van der Waals surface area contributed by atoms with Gasteiger partial charge in [-0.3, -0.25) is 0 Å². The first-order chi connectivity index (χ1) is 8.40. The summed E-state index contributed by atoms with van der Waals surface area (Å²) in [5.74, 6) is 0.483. The van der Waals surface area contributed by atoms with Gasteiger partial charge in [0.25, 0.3) is 0 Å². The maximum absolute atomic E-state index is 11.2. The van der Waals surface area contributed by atoms with E-state index in [9.17, 15) is 4.79 Å². The standard InChI is InChI=1S/C14H18O4/c1-14(2,3)18-10-7-5-9(6-8-10)11-12(17-11)13(15)16-4/h5-8,11-12H,1-4H3/t11-,12-/m1/s1. The van der Waals surface area contributed by atoms with Gasteiger partial charge in [0, 0.05) is 0 Å². The lowest BCUT2D eigenvalue weighted by Crippen LogP contribution is -2.22. The zero-order chi connectivity index (χ0) is 13.3. The van der Waals surface area contributed by atoms with E-state index in [0.29, 0.717) is 0 Å². The molecule has 1 aliphatic rings. The van der Waals surface area contributed by atoms with Crippen LogP contribution in [0.3, 0.4) is 0 Å². The van der Waals surface area contributed by atoms with Crippen LogP contribution in [0.4, 0.5) is 0 Å². The quantitative estimate of drug-likeness (QED) is 0.611. The van der Waals surface area contributed by atoms with Gasteiger partial charge in [0.15, 0.2) is 6.10 Å². The van der Waals surface area contributed by atoms with Crippen molar-refractivity contribution < 1.29 is 19.0 Å². The normalized spacial score (nSPS) is 22.4. The Kier molecular flexibility index (Phi) is 3.30. The maximum atomic E-state index is 11.2. The molecule has 1 aromatic rings. The fourth-order valence-corrected chi connectivity index (χ4v) is 1.74. The monoisotopic (exact) mass is 250 g/mol. The van der Waals surface area contributed by atoms with Crippen LogP contribution in [0.5, 0.6) is 5.75 Å². The Balaban J connectivity index is 1.99. The second-order valence-corrected chi connectivity index (χ2v) is 5.28. The van der Waals surface area contributed by atoms with Gasteiger partial charge in [0.2, 0.25) is 0 Å². The van der Waals surface area contributed by atoms with E-state index in [2.05, 4.69) is 4.74 Å². The molecule has 0 unspecified atom stereocenters. The minimum Gasteiger partial charge on any atom is -0.488 e. The van der Waals surface area contributed by atoms with Crippen molar-refractivity contribution in [3.8, 4) is 5.75 Å². The fourth-order valence-electron chi connectivity index (χ4n) is 1.74. The summed E-state index contributed by atoms with van der Waals surface area (Å²) < 4.78 is 15.6. The zero-order valence-electron chi connectivity index (χ0n) is 11.1. The number of carbonyl (C=O) groups excluding carboxylic acids is 1. The predicted molar refractivity (Wildman–Crippen MR) is 66.5 cm³/mol. The van der Waals surface area contributed by atoms with Crippen molar-refractivity contribution in [3.63, 3.8) is 0 Å². The second-order valence-electron chi connectivity index (χ2n) is 5.28. The molecule has 1 saturated heterocycles. The lowest BCUT2D eigenvalue weighted by molar-refractivity contribution is -0.142. The number of benzene rings is 1. The van der Waals surface area contributed by atoms with Crippen LogP contribution in [-0.4, -0.2) is 24.8 Å². The zero-order valence-corrected chi connectivity index (χ0v) is 11.1. The van der Waals surface area contributed by atoms with Crippen LogP contribution in [0.1, 0.15) is 32.4 Å². The molecule has 0 N–H and O–H groups in total. The summed E-state index contributed by atoms with van der Waals surface area (Å²) in [5, 5.41) is 0. The van der Waals surface area contributed by atoms with Gasteiger partial charge in [-0.15, -0.1) is 0 Å². The maximum Gasteiger partial charge on any atom is 0.338 e. The molecule has 0 radical (unpaired) electrons. The van der Waals surface area contributed by atoms with Crippen molar-refractivity contribution in [1.29, 1.82) is 0 Å². The summed E-state index contributed by atoms with van der Waals surface area (Å²) in [6.07, 6.45) is -0.634. The molecule has 0 amide bonds. The third kappa shape index (κ3) is 3.01. The molecule has 18 heavy (non-hydrogen) atoms. The highest BCUT2D eigenvalue weighted by Crippen LogP contribution is 2.39. The summed E-state index contributed by atoms with van der Waals surface area (Å²) in [6.45, 7) is 5.99. The highest BCUT2D eigenvalue weighted by Gasteiger charge is 2.47. The van der Waals surface area contributed by atoms with Gasteiger partial charge in [-0.2, -0.15) is 0 Å². The van der Waals surface area contributed by atoms with E-state index >= 15 is 0 Å². The van der Waals surface area contributed by atoms with Crippen molar-refractivity contribution in [3.05, 3.63) is 29.8 Å². The Labute approximate surface area is 107 Å². The van der Waals surface area contributed by atoms with Gasteiger partial charge in [0.05, 0.1) is 7.11 Å². The van der Waals surface area contributed by atoms with Crippen molar-refractivity contribution in [2.45, 2.75) is 38.6 Å². The molecule has 0 spiro atoms. The summed E-state index contributed by atoms with van der Waals surface area (Å²) in [7, 11) is 1.36. The van der Waals surface area contributed by atoms with E-state index < -0.39 is 6.10 Å². The molecule has 2 rings (SSSR count). The van der Waals surface area contributed by atoms with Gasteiger partial charge < -0.3 is 14.2 Å². The van der Waals surface area contributed by atoms with Crippen molar-refractivity contribution in [1.82, 2.24) is 0 Å². The Morgan fingerprint density at radius 3 is 2.33 bits per heavy atom. The summed E-state index contributed by atoms with van der Waals surface area (Å²) in [4.78, 5) is 11.2. The predicted octanol–water partition coefficient (Wildman–Crippen LogP) is 2.48. The van der Waals surface area contributed by atoms with Gasteiger partial charge in [0.1, 0.15) is 17.5 Å². The molecule has 1 aliphatic heterocycles. The largest absolute Gasteiger partial charge is 0.488 e. The molecular formula is C14H18O4. The minimum absolute atomic E-state index is 0.180. The van der Waals surface area contributed by atoms with Crippen LogP contribution in [0.15, 0.2) is 24.3 Å². The van der Waals surface area contributed by atoms with Gasteiger partial charge in [-0.25, -0.2) is 4.79 Å². The molecule has 2 atom stereocenters. The first-order valence-electron chi connectivity index (χ1n) is 5.93. The van der Waals surface area contributed by atoms with Crippen LogP contribution in [0.25, 0.3) is 0 Å². The lowest BCUT2D eigenvalue weighted by Gasteiger charge is -2.21. The third-order valence-corrected chi connectivity index (χ3v) is 2.56. The molecule has 0 aromatic heterocycles. The molecule has 1 fully saturated rings. The molecular weight excluding hydrogens is 232 g/mol. The molecule has 1 heterocycles. The second kappa shape index (κ2) is 4.61. The number of ether oxygens (including phenoxy) is 3. The van der Waals surface area contributed by atoms with Crippen LogP contribution >= 0.6 is 0 Å². The number of methoxy groups -OCH3 is 1. The van der Waals surface area contributed by atoms with E-state index in [1.54, 1.807) is 0 Å². The van der Waals surface area contributed by atoms with Gasteiger partial charge in [-0.1, -0.05) is 12.1 Å². The molecule has 4 heteroatoms. The molecule has 98 valence electrons. The van der Waals surface area contributed by atoms with E-state index in [-0.39, 0.29) is 17.7 Å². The SMILES string of the molecule is COC(=O)[C@@H]1O[C@@H]1c1ccc(OC(C)(C)C)cc1. The number of rotatable bonds is 3. The molecule has 1 aromatic carbocycles. The molecule has 0 saturated carbocycles. The highest BCUT2D eigenvalue weighted by atomic mass is 16.6. The molecule has 0 bridgehead atoms. The number of carbonyl (C=O) groups is 1. The van der Waals surface area contributed by atoms with Crippen LogP contribution in [0.2, 0.25) is 0 Å². The third-order valence-electron chi connectivity index (χ3n) is 2.56. The summed E-state index contributed by atoms with van der Waals surface area (Å²) in [6, 6.07) is 7.59. The highest BCUT2D eigenvalue weighted by molar-refractivity contribution is 5.78. The summed E-state index contributed by atoms with van der Waals surface area (Å²) in [5.41, 5.74) is 0.748. The fraction of sp³-hybridized carbons (Fsp3) is 0.500. The van der Waals surface area contributed by atoms with E-state index in [1.807, 2.05) is 45.0 Å². The van der Waals surface area contributed by atoms with E-state index in [1.165, 1.54) is 7.11 Å². The Hall–Kier alpha value is -1.55. The smallest absolute Gasteiger partial charge is 0.338 e. The average Bonchev–Trinajstić information content (AvgIpc) is 3.07. The number of esters is 1. The van der Waals surface area contributed by atoms with E-state index in [0.717, 1.165) is 11.3 Å². The Morgan fingerprint density at radius 2 is 1.83 bits per heavy atom. The number of hydrogen-bond donors (Lipinski definition) is 0. The summed E-state index contributed by atoms with van der Waals surface area (Å²) >= 11 is 0. The average molecular weight is 250 g/mol.